The summed E-state index contributed by atoms with van der Waals surface area (Å²) >= 11 is 0. The minimum Gasteiger partial charge on any atom is -0.312 e. The van der Waals surface area contributed by atoms with E-state index >= 15 is 0 Å². The van der Waals surface area contributed by atoms with E-state index in [2.05, 4.69) is 44.6 Å². The first-order chi connectivity index (χ1) is 14.7. The van der Waals surface area contributed by atoms with Gasteiger partial charge in [0.25, 0.3) is 0 Å². The summed E-state index contributed by atoms with van der Waals surface area (Å²) in [6.07, 6.45) is 4.08. The zero-order valence-electron chi connectivity index (χ0n) is 16.9. The number of para-hydroxylation sites is 3. The summed E-state index contributed by atoms with van der Waals surface area (Å²) in [5.41, 5.74) is 7.59. The first kappa shape index (κ1) is 18.1. The van der Waals surface area contributed by atoms with Crippen LogP contribution in [0.4, 0.5) is 5.69 Å². The standard InChI is InChI=1S/C25H21N5/c1-29-22-14-8-9-15-23(22)30(2)25(29)28-27-24-20-13-7-6-10-18(20)16-17-21(24)26-19-11-4-3-5-12-19/h3-17H,1-2H3. The van der Waals surface area contributed by atoms with Gasteiger partial charge in [-0.1, -0.05) is 60.7 Å². The van der Waals surface area contributed by atoms with Crippen LogP contribution in [0.5, 0.6) is 0 Å². The molecule has 5 rings (SSSR count). The fraction of sp³-hybridized carbons (Fsp3) is 0.0800. The van der Waals surface area contributed by atoms with Crippen molar-refractivity contribution in [3.63, 3.8) is 0 Å². The van der Waals surface area contributed by atoms with Gasteiger partial charge in [0.2, 0.25) is 5.62 Å². The Bertz CT molecular complexity index is 1360. The molecular formula is C25H21N5. The number of fused-ring (bicyclic) bond motifs is 2. The minimum atomic E-state index is 0.766. The maximum Gasteiger partial charge on any atom is 0.230 e. The van der Waals surface area contributed by atoms with Crippen LogP contribution >= 0.6 is 0 Å². The summed E-state index contributed by atoms with van der Waals surface area (Å²) in [6.45, 7) is 0. The summed E-state index contributed by atoms with van der Waals surface area (Å²) in [6, 6.07) is 26.4. The number of hydrogen-bond donors (Lipinski definition) is 0. The molecule has 0 fully saturated rings. The Hall–Kier alpha value is -3.99. The molecule has 1 aliphatic rings. The molecule has 0 aliphatic heterocycles. The van der Waals surface area contributed by atoms with Gasteiger partial charge in [-0.05, 0) is 35.9 Å². The van der Waals surface area contributed by atoms with Crippen LogP contribution in [0.1, 0.15) is 11.1 Å². The third-order valence-electron chi connectivity index (χ3n) is 5.33. The summed E-state index contributed by atoms with van der Waals surface area (Å²) in [5, 5.41) is 9.36. The van der Waals surface area contributed by atoms with Crippen LogP contribution in [0.3, 0.4) is 0 Å². The molecule has 3 aromatic carbocycles. The van der Waals surface area contributed by atoms with Gasteiger partial charge in [0, 0.05) is 19.7 Å². The molecule has 1 aliphatic carbocycles. The minimum absolute atomic E-state index is 0.766. The van der Waals surface area contributed by atoms with Crippen molar-refractivity contribution < 1.29 is 0 Å². The Labute approximate surface area is 174 Å². The summed E-state index contributed by atoms with van der Waals surface area (Å²) < 4.78 is 4.11. The van der Waals surface area contributed by atoms with Crippen molar-refractivity contribution >= 4 is 34.2 Å². The van der Waals surface area contributed by atoms with E-state index in [0.29, 0.717) is 0 Å². The van der Waals surface area contributed by atoms with Gasteiger partial charge in [0.15, 0.2) is 0 Å². The highest BCUT2D eigenvalue weighted by molar-refractivity contribution is 6.54. The number of imidazole rings is 1. The highest BCUT2D eigenvalue weighted by atomic mass is 15.3. The van der Waals surface area contributed by atoms with Crippen LogP contribution < -0.4 is 5.62 Å². The highest BCUT2D eigenvalue weighted by Gasteiger charge is 2.17. The predicted molar refractivity (Wildman–Crippen MR) is 123 cm³/mol. The molecule has 0 N–H and O–H groups in total. The number of aryl methyl sites for hydroxylation is 2. The fourth-order valence-corrected chi connectivity index (χ4v) is 3.78. The number of benzene rings is 3. The molecule has 0 bridgehead atoms. The SMILES string of the molecule is Cn1c(=NN=C2C(=Nc3ccccc3)C=Cc3ccccc32)n(C)c2ccccc21. The lowest BCUT2D eigenvalue weighted by molar-refractivity contribution is 0.744. The lowest BCUT2D eigenvalue weighted by atomic mass is 9.94. The summed E-state index contributed by atoms with van der Waals surface area (Å²) in [7, 11) is 4.02. The molecule has 4 aromatic rings. The highest BCUT2D eigenvalue weighted by Crippen LogP contribution is 2.21. The van der Waals surface area contributed by atoms with E-state index in [1.165, 1.54) is 0 Å². The molecule has 0 saturated carbocycles. The Morgan fingerprint density at radius 2 is 1.27 bits per heavy atom. The maximum absolute atomic E-state index is 4.82. The Kier molecular flexibility index (Phi) is 4.48. The zero-order chi connectivity index (χ0) is 20.5. The lowest BCUT2D eigenvalue weighted by Gasteiger charge is -2.14. The van der Waals surface area contributed by atoms with Crippen molar-refractivity contribution in [3.8, 4) is 0 Å². The van der Waals surface area contributed by atoms with Gasteiger partial charge >= 0.3 is 0 Å². The number of nitrogens with zero attached hydrogens (tertiary/aromatic N) is 5. The molecule has 0 radical (unpaired) electrons. The van der Waals surface area contributed by atoms with Crippen molar-refractivity contribution in [1.29, 1.82) is 0 Å². The van der Waals surface area contributed by atoms with Gasteiger partial charge in [-0.3, -0.25) is 0 Å². The largest absolute Gasteiger partial charge is 0.312 e. The Balaban J connectivity index is 1.72. The molecule has 1 aromatic heterocycles. The Morgan fingerprint density at radius 3 is 2.00 bits per heavy atom. The van der Waals surface area contributed by atoms with Crippen LogP contribution in [0, 0.1) is 0 Å². The van der Waals surface area contributed by atoms with Gasteiger partial charge < -0.3 is 9.13 Å². The van der Waals surface area contributed by atoms with E-state index in [-0.39, 0.29) is 0 Å². The van der Waals surface area contributed by atoms with E-state index in [4.69, 9.17) is 10.1 Å². The molecule has 30 heavy (non-hydrogen) atoms. The number of allylic oxidation sites excluding steroid dienone is 1. The number of hydrogen-bond acceptors (Lipinski definition) is 3. The molecule has 0 amide bonds. The molecule has 0 saturated heterocycles. The third-order valence-corrected chi connectivity index (χ3v) is 5.33. The Morgan fingerprint density at radius 1 is 0.633 bits per heavy atom. The monoisotopic (exact) mass is 391 g/mol. The van der Waals surface area contributed by atoms with Crippen molar-refractivity contribution in [1.82, 2.24) is 9.13 Å². The van der Waals surface area contributed by atoms with E-state index in [1.54, 1.807) is 0 Å². The van der Waals surface area contributed by atoms with E-state index < -0.39 is 0 Å². The molecule has 1 heterocycles. The molecule has 0 atom stereocenters. The second-order valence-corrected chi connectivity index (χ2v) is 7.21. The van der Waals surface area contributed by atoms with E-state index in [0.717, 1.165) is 44.9 Å². The van der Waals surface area contributed by atoms with Gasteiger partial charge in [-0.15, -0.1) is 10.2 Å². The van der Waals surface area contributed by atoms with Crippen LogP contribution in [0.15, 0.2) is 100 Å². The van der Waals surface area contributed by atoms with Crippen LogP contribution in [-0.4, -0.2) is 20.6 Å². The van der Waals surface area contributed by atoms with E-state index in [1.807, 2.05) is 74.8 Å². The van der Waals surface area contributed by atoms with Crippen LogP contribution in [0.25, 0.3) is 17.1 Å². The van der Waals surface area contributed by atoms with Crippen molar-refractivity contribution in [2.24, 2.45) is 29.3 Å². The molecule has 5 nitrogen and oxygen atoms in total. The van der Waals surface area contributed by atoms with Crippen molar-refractivity contribution in [2.75, 3.05) is 0 Å². The average molecular weight is 391 g/mol. The molecule has 5 heteroatoms. The summed E-state index contributed by atoms with van der Waals surface area (Å²) in [5.74, 6) is 0. The number of aromatic nitrogens is 2. The molecular weight excluding hydrogens is 370 g/mol. The zero-order valence-corrected chi connectivity index (χ0v) is 16.9. The van der Waals surface area contributed by atoms with Crippen molar-refractivity contribution in [3.05, 3.63) is 102 Å². The topological polar surface area (TPSA) is 46.9 Å². The first-order valence-corrected chi connectivity index (χ1v) is 9.86. The maximum atomic E-state index is 4.82. The number of rotatable bonds is 2. The fourth-order valence-electron chi connectivity index (χ4n) is 3.78. The van der Waals surface area contributed by atoms with Gasteiger partial charge in [-0.25, -0.2) is 4.99 Å². The predicted octanol–water partition coefficient (Wildman–Crippen LogP) is 4.62. The first-order valence-electron chi connectivity index (χ1n) is 9.86. The van der Waals surface area contributed by atoms with E-state index in [9.17, 15) is 0 Å². The molecule has 146 valence electrons. The quantitative estimate of drug-likeness (QED) is 0.448. The second kappa shape index (κ2) is 7.44. The van der Waals surface area contributed by atoms with Gasteiger partial charge in [0.1, 0.15) is 5.71 Å². The van der Waals surface area contributed by atoms with Gasteiger partial charge in [0.05, 0.1) is 22.4 Å². The average Bonchev–Trinajstić information content (AvgIpc) is 3.04. The molecule has 0 unspecified atom stereocenters. The molecule has 0 spiro atoms. The second-order valence-electron chi connectivity index (χ2n) is 7.21. The van der Waals surface area contributed by atoms with Crippen LogP contribution in [-0.2, 0) is 14.1 Å². The smallest absolute Gasteiger partial charge is 0.230 e. The van der Waals surface area contributed by atoms with Crippen molar-refractivity contribution in [2.45, 2.75) is 0 Å². The third kappa shape index (κ3) is 3.10. The lowest BCUT2D eigenvalue weighted by Crippen LogP contribution is -2.23. The van der Waals surface area contributed by atoms with Gasteiger partial charge in [-0.2, -0.15) is 0 Å². The normalized spacial score (nSPS) is 15.7. The van der Waals surface area contributed by atoms with Crippen LogP contribution in [0.2, 0.25) is 0 Å². The number of aliphatic imine (C=N–C) groups is 1. The summed E-state index contributed by atoms with van der Waals surface area (Å²) in [4.78, 5) is 4.82.